The number of hydrogen-bond donors (Lipinski definition) is 0. The molecule has 0 saturated carbocycles. The third-order valence-electron chi connectivity index (χ3n) is 4.78. The van der Waals surface area contributed by atoms with Crippen LogP contribution < -0.4 is 0 Å². The molecule has 2 heteroatoms. The van der Waals surface area contributed by atoms with Gasteiger partial charge in [-0.25, -0.2) is 0 Å². The maximum absolute atomic E-state index is 13.4. The SMILES string of the molecule is C/C=C(/c1ccccc1)C(C(=O)N1CCCCC1)c1ccccc1. The fourth-order valence-corrected chi connectivity index (χ4v) is 3.53. The van der Waals surface area contributed by atoms with Gasteiger partial charge in [-0.05, 0) is 42.9 Å². The van der Waals surface area contributed by atoms with Gasteiger partial charge < -0.3 is 4.90 Å². The van der Waals surface area contributed by atoms with Gasteiger partial charge in [0.05, 0.1) is 5.92 Å². The highest BCUT2D eigenvalue weighted by atomic mass is 16.2. The zero-order chi connectivity index (χ0) is 16.8. The van der Waals surface area contributed by atoms with Crippen molar-refractivity contribution in [3.63, 3.8) is 0 Å². The van der Waals surface area contributed by atoms with Crippen molar-refractivity contribution in [3.05, 3.63) is 77.9 Å². The minimum atomic E-state index is -0.225. The Balaban J connectivity index is 2.00. The minimum Gasteiger partial charge on any atom is -0.342 e. The summed E-state index contributed by atoms with van der Waals surface area (Å²) < 4.78 is 0. The topological polar surface area (TPSA) is 20.3 Å². The molecule has 1 atom stereocenters. The zero-order valence-corrected chi connectivity index (χ0v) is 14.3. The predicted octanol–water partition coefficient (Wildman–Crippen LogP) is 4.89. The lowest BCUT2D eigenvalue weighted by Gasteiger charge is -2.32. The molecule has 0 spiro atoms. The molecule has 0 aliphatic carbocycles. The van der Waals surface area contributed by atoms with Crippen molar-refractivity contribution >= 4 is 11.5 Å². The summed E-state index contributed by atoms with van der Waals surface area (Å²) >= 11 is 0. The van der Waals surface area contributed by atoms with Crippen LogP contribution in [0.3, 0.4) is 0 Å². The Labute approximate surface area is 144 Å². The smallest absolute Gasteiger partial charge is 0.234 e. The van der Waals surface area contributed by atoms with Crippen LogP contribution in [0.5, 0.6) is 0 Å². The van der Waals surface area contributed by atoms with Gasteiger partial charge >= 0.3 is 0 Å². The third kappa shape index (κ3) is 3.59. The normalized spacial score (nSPS) is 16.7. The Morgan fingerprint density at radius 1 is 0.917 bits per heavy atom. The van der Waals surface area contributed by atoms with Crippen LogP contribution in [0.15, 0.2) is 66.7 Å². The molecule has 2 nitrogen and oxygen atoms in total. The number of carbonyl (C=O) groups is 1. The Bertz CT molecular complexity index is 684. The lowest BCUT2D eigenvalue weighted by Crippen LogP contribution is -2.39. The van der Waals surface area contributed by atoms with E-state index < -0.39 is 0 Å². The van der Waals surface area contributed by atoms with E-state index in [0.29, 0.717) is 0 Å². The molecule has 124 valence electrons. The second kappa shape index (κ2) is 7.96. The fraction of sp³-hybridized carbons (Fsp3) is 0.318. The first kappa shape index (κ1) is 16.5. The molecular formula is C22H25NO. The van der Waals surface area contributed by atoms with Gasteiger partial charge in [0.2, 0.25) is 5.91 Å². The Hall–Kier alpha value is -2.35. The largest absolute Gasteiger partial charge is 0.342 e. The molecule has 0 N–H and O–H groups in total. The van der Waals surface area contributed by atoms with Crippen molar-refractivity contribution in [2.24, 2.45) is 0 Å². The summed E-state index contributed by atoms with van der Waals surface area (Å²) in [7, 11) is 0. The second-order valence-electron chi connectivity index (χ2n) is 6.34. The van der Waals surface area contributed by atoms with Crippen molar-refractivity contribution in [3.8, 4) is 0 Å². The Morgan fingerprint density at radius 3 is 2.08 bits per heavy atom. The number of carbonyl (C=O) groups excluding carboxylic acids is 1. The van der Waals surface area contributed by atoms with Crippen molar-refractivity contribution in [1.82, 2.24) is 4.90 Å². The monoisotopic (exact) mass is 319 g/mol. The predicted molar refractivity (Wildman–Crippen MR) is 99.7 cm³/mol. The number of nitrogens with zero attached hydrogens (tertiary/aromatic N) is 1. The summed E-state index contributed by atoms with van der Waals surface area (Å²) in [5.41, 5.74) is 3.29. The van der Waals surface area contributed by atoms with E-state index in [-0.39, 0.29) is 11.8 Å². The van der Waals surface area contributed by atoms with E-state index in [4.69, 9.17) is 0 Å². The number of rotatable bonds is 4. The van der Waals surface area contributed by atoms with E-state index in [1.54, 1.807) is 0 Å². The third-order valence-corrected chi connectivity index (χ3v) is 4.78. The molecule has 2 aromatic carbocycles. The molecule has 1 aliphatic heterocycles. The van der Waals surface area contributed by atoms with Gasteiger partial charge in [0.1, 0.15) is 0 Å². The minimum absolute atomic E-state index is 0.225. The molecule has 1 amide bonds. The van der Waals surface area contributed by atoms with Gasteiger partial charge in [-0.3, -0.25) is 4.79 Å². The van der Waals surface area contributed by atoms with Gasteiger partial charge in [0.15, 0.2) is 0 Å². The molecular weight excluding hydrogens is 294 g/mol. The van der Waals surface area contributed by atoms with Crippen LogP contribution in [-0.2, 0) is 4.79 Å². The average molecular weight is 319 g/mol. The van der Waals surface area contributed by atoms with Crippen LogP contribution in [0.4, 0.5) is 0 Å². The molecule has 1 fully saturated rings. The number of amides is 1. The van der Waals surface area contributed by atoms with E-state index in [2.05, 4.69) is 30.3 Å². The van der Waals surface area contributed by atoms with E-state index in [0.717, 1.165) is 42.6 Å². The summed E-state index contributed by atoms with van der Waals surface area (Å²) in [6.45, 7) is 3.80. The van der Waals surface area contributed by atoms with Crippen molar-refractivity contribution in [2.45, 2.75) is 32.1 Å². The van der Waals surface area contributed by atoms with Crippen molar-refractivity contribution < 1.29 is 4.79 Å². The van der Waals surface area contributed by atoms with Gasteiger partial charge in [0.25, 0.3) is 0 Å². The summed E-state index contributed by atoms with van der Waals surface area (Å²) in [5, 5.41) is 0. The molecule has 0 bridgehead atoms. The number of allylic oxidation sites excluding steroid dienone is 1. The van der Waals surface area contributed by atoms with Crippen molar-refractivity contribution in [1.29, 1.82) is 0 Å². The standard InChI is InChI=1S/C22H25NO/c1-2-20(18-12-6-3-7-13-18)21(19-14-8-4-9-15-19)22(24)23-16-10-5-11-17-23/h2-4,6-9,12-15,21H,5,10-11,16-17H2,1H3/b20-2-. The number of benzene rings is 2. The lowest BCUT2D eigenvalue weighted by atomic mass is 9.85. The number of hydrogen-bond acceptors (Lipinski definition) is 1. The van der Waals surface area contributed by atoms with Crippen LogP contribution in [0, 0.1) is 0 Å². The molecule has 24 heavy (non-hydrogen) atoms. The zero-order valence-electron chi connectivity index (χ0n) is 14.3. The molecule has 1 heterocycles. The van der Waals surface area contributed by atoms with E-state index in [1.165, 1.54) is 6.42 Å². The molecule has 0 radical (unpaired) electrons. The van der Waals surface area contributed by atoms with E-state index in [9.17, 15) is 4.79 Å². The lowest BCUT2D eigenvalue weighted by molar-refractivity contribution is -0.132. The molecule has 1 unspecified atom stereocenters. The second-order valence-corrected chi connectivity index (χ2v) is 6.34. The molecule has 0 aromatic heterocycles. The first-order valence-corrected chi connectivity index (χ1v) is 8.86. The molecule has 2 aromatic rings. The summed E-state index contributed by atoms with van der Waals surface area (Å²) in [5.74, 6) is 0.00885. The average Bonchev–Trinajstić information content (AvgIpc) is 2.67. The van der Waals surface area contributed by atoms with Crippen LogP contribution in [0.1, 0.15) is 43.2 Å². The van der Waals surface area contributed by atoms with E-state index in [1.807, 2.05) is 48.2 Å². The first-order chi connectivity index (χ1) is 11.8. The first-order valence-electron chi connectivity index (χ1n) is 8.86. The maximum atomic E-state index is 13.4. The quantitative estimate of drug-likeness (QED) is 0.786. The highest BCUT2D eigenvalue weighted by Gasteiger charge is 2.30. The summed E-state index contributed by atoms with van der Waals surface area (Å²) in [4.78, 5) is 15.4. The molecule has 1 aliphatic rings. The summed E-state index contributed by atoms with van der Waals surface area (Å²) in [6.07, 6.45) is 5.55. The highest BCUT2D eigenvalue weighted by Crippen LogP contribution is 2.34. The van der Waals surface area contributed by atoms with Crippen LogP contribution in [0.2, 0.25) is 0 Å². The molecule has 1 saturated heterocycles. The molecule has 3 rings (SSSR count). The fourth-order valence-electron chi connectivity index (χ4n) is 3.53. The number of likely N-dealkylation sites (tertiary alicyclic amines) is 1. The van der Waals surface area contributed by atoms with Crippen molar-refractivity contribution in [2.75, 3.05) is 13.1 Å². The van der Waals surface area contributed by atoms with E-state index >= 15 is 0 Å². The van der Waals surface area contributed by atoms with Crippen LogP contribution in [-0.4, -0.2) is 23.9 Å². The van der Waals surface area contributed by atoms with Crippen LogP contribution >= 0.6 is 0 Å². The van der Waals surface area contributed by atoms with Crippen LogP contribution in [0.25, 0.3) is 5.57 Å². The maximum Gasteiger partial charge on any atom is 0.234 e. The highest BCUT2D eigenvalue weighted by molar-refractivity contribution is 5.97. The van der Waals surface area contributed by atoms with Gasteiger partial charge in [0, 0.05) is 13.1 Å². The Morgan fingerprint density at radius 2 is 1.50 bits per heavy atom. The summed E-state index contributed by atoms with van der Waals surface area (Å²) in [6, 6.07) is 20.4. The van der Waals surface area contributed by atoms with Gasteiger partial charge in [-0.2, -0.15) is 0 Å². The van der Waals surface area contributed by atoms with Gasteiger partial charge in [-0.15, -0.1) is 0 Å². The Kier molecular flexibility index (Phi) is 5.47. The number of piperidine rings is 1. The van der Waals surface area contributed by atoms with Gasteiger partial charge in [-0.1, -0.05) is 66.7 Å².